The Bertz CT molecular complexity index is 508. The van der Waals surface area contributed by atoms with Gasteiger partial charge in [-0.2, -0.15) is 0 Å². The summed E-state index contributed by atoms with van der Waals surface area (Å²) in [6.07, 6.45) is 2.04. The van der Waals surface area contributed by atoms with Crippen molar-refractivity contribution < 1.29 is 9.53 Å². The molecule has 2 amide bonds. The number of amides is 2. The van der Waals surface area contributed by atoms with Gasteiger partial charge in [0.1, 0.15) is 0 Å². The Balaban J connectivity index is 1.54. The van der Waals surface area contributed by atoms with Crippen LogP contribution in [-0.2, 0) is 11.3 Å². The smallest absolute Gasteiger partial charge is 0.315 e. The molecule has 5 nitrogen and oxygen atoms in total. The number of rotatable bonds is 7. The molecule has 0 saturated carbocycles. The van der Waals surface area contributed by atoms with E-state index in [1.54, 1.807) is 12.1 Å². The molecule has 1 aliphatic rings. The van der Waals surface area contributed by atoms with Crippen LogP contribution in [0.3, 0.4) is 0 Å². The molecule has 0 radical (unpaired) electrons. The number of benzene rings is 1. The first-order valence-electron chi connectivity index (χ1n) is 7.91. The highest BCUT2D eigenvalue weighted by atomic mass is 35.5. The third-order valence-corrected chi connectivity index (χ3v) is 4.33. The summed E-state index contributed by atoms with van der Waals surface area (Å²) < 4.78 is 5.31. The van der Waals surface area contributed by atoms with E-state index in [0.717, 1.165) is 51.3 Å². The second-order valence-electron chi connectivity index (χ2n) is 5.51. The van der Waals surface area contributed by atoms with Crippen molar-refractivity contribution in [2.45, 2.75) is 19.4 Å². The number of urea groups is 1. The van der Waals surface area contributed by atoms with Gasteiger partial charge in [-0.05, 0) is 37.1 Å². The van der Waals surface area contributed by atoms with Crippen molar-refractivity contribution in [1.82, 2.24) is 15.5 Å². The van der Waals surface area contributed by atoms with Crippen molar-refractivity contribution in [2.75, 3.05) is 39.4 Å². The lowest BCUT2D eigenvalue weighted by molar-refractivity contribution is 0.0372. The zero-order valence-corrected chi connectivity index (χ0v) is 14.6. The van der Waals surface area contributed by atoms with Crippen LogP contribution in [0.1, 0.15) is 18.4 Å². The minimum Gasteiger partial charge on any atom is -0.379 e. The first-order valence-corrected chi connectivity index (χ1v) is 8.66. The van der Waals surface area contributed by atoms with Gasteiger partial charge in [0.05, 0.1) is 13.2 Å². The molecule has 1 heterocycles. The predicted octanol–water partition coefficient (Wildman–Crippen LogP) is 2.91. The van der Waals surface area contributed by atoms with Crippen LogP contribution >= 0.6 is 23.2 Å². The summed E-state index contributed by atoms with van der Waals surface area (Å²) >= 11 is 11.9. The maximum Gasteiger partial charge on any atom is 0.315 e. The lowest BCUT2D eigenvalue weighted by Gasteiger charge is -2.26. The molecule has 0 unspecified atom stereocenters. The van der Waals surface area contributed by atoms with Crippen LogP contribution < -0.4 is 10.6 Å². The van der Waals surface area contributed by atoms with E-state index in [-0.39, 0.29) is 6.03 Å². The van der Waals surface area contributed by atoms with E-state index in [1.807, 2.05) is 6.07 Å². The fourth-order valence-electron chi connectivity index (χ4n) is 2.39. The van der Waals surface area contributed by atoms with Crippen LogP contribution in [0, 0.1) is 0 Å². The molecule has 1 aliphatic heterocycles. The standard InChI is InChI=1S/C16H23Cl2N3O2/c17-14-4-3-13(15(18)11-14)12-20-16(22)19-5-1-2-6-21-7-9-23-10-8-21/h3-4,11H,1-2,5-10,12H2,(H2,19,20,22). The fraction of sp³-hybridized carbons (Fsp3) is 0.562. The lowest BCUT2D eigenvalue weighted by Crippen LogP contribution is -2.38. The first-order chi connectivity index (χ1) is 11.1. The topological polar surface area (TPSA) is 53.6 Å². The van der Waals surface area contributed by atoms with E-state index in [2.05, 4.69) is 15.5 Å². The average molecular weight is 360 g/mol. The van der Waals surface area contributed by atoms with E-state index in [9.17, 15) is 4.79 Å². The Labute approximate surface area is 147 Å². The van der Waals surface area contributed by atoms with E-state index in [0.29, 0.717) is 23.1 Å². The number of hydrogen-bond acceptors (Lipinski definition) is 3. The van der Waals surface area contributed by atoms with Gasteiger partial charge >= 0.3 is 6.03 Å². The molecule has 23 heavy (non-hydrogen) atoms. The molecule has 0 aromatic heterocycles. The molecule has 1 fully saturated rings. The maximum atomic E-state index is 11.7. The van der Waals surface area contributed by atoms with Crippen LogP contribution in [0.25, 0.3) is 0 Å². The Kier molecular flexibility index (Phi) is 7.95. The normalized spacial score (nSPS) is 15.4. The van der Waals surface area contributed by atoms with Crippen molar-refractivity contribution in [3.05, 3.63) is 33.8 Å². The van der Waals surface area contributed by atoms with Gasteiger partial charge in [0.15, 0.2) is 0 Å². The van der Waals surface area contributed by atoms with E-state index in [1.165, 1.54) is 0 Å². The van der Waals surface area contributed by atoms with Crippen LogP contribution in [0.5, 0.6) is 0 Å². The van der Waals surface area contributed by atoms with Gasteiger partial charge in [-0.3, -0.25) is 4.90 Å². The molecule has 7 heteroatoms. The highest BCUT2D eigenvalue weighted by Gasteiger charge is 2.09. The monoisotopic (exact) mass is 359 g/mol. The van der Waals surface area contributed by atoms with Crippen molar-refractivity contribution in [2.24, 2.45) is 0 Å². The summed E-state index contributed by atoms with van der Waals surface area (Å²) in [5.41, 5.74) is 0.846. The molecule has 2 rings (SSSR count). The zero-order valence-electron chi connectivity index (χ0n) is 13.1. The third kappa shape index (κ3) is 6.96. The van der Waals surface area contributed by atoms with Crippen LogP contribution in [0.15, 0.2) is 18.2 Å². The maximum absolute atomic E-state index is 11.7. The van der Waals surface area contributed by atoms with Gasteiger partial charge in [0, 0.05) is 36.2 Å². The number of morpholine rings is 1. The Morgan fingerprint density at radius 2 is 1.96 bits per heavy atom. The number of halogens is 2. The van der Waals surface area contributed by atoms with Crippen molar-refractivity contribution in [3.8, 4) is 0 Å². The second-order valence-corrected chi connectivity index (χ2v) is 6.35. The largest absolute Gasteiger partial charge is 0.379 e. The number of ether oxygens (including phenoxy) is 1. The van der Waals surface area contributed by atoms with Crippen molar-refractivity contribution >= 4 is 29.2 Å². The number of nitrogens with zero attached hydrogens (tertiary/aromatic N) is 1. The number of carbonyl (C=O) groups is 1. The van der Waals surface area contributed by atoms with Crippen molar-refractivity contribution in [1.29, 1.82) is 0 Å². The highest BCUT2D eigenvalue weighted by Crippen LogP contribution is 2.20. The number of nitrogens with one attached hydrogen (secondary N) is 2. The Morgan fingerprint density at radius 3 is 2.70 bits per heavy atom. The van der Waals surface area contributed by atoms with Crippen molar-refractivity contribution in [3.63, 3.8) is 0 Å². The Morgan fingerprint density at radius 1 is 1.17 bits per heavy atom. The third-order valence-electron chi connectivity index (χ3n) is 3.74. The zero-order chi connectivity index (χ0) is 16.5. The molecular formula is C16H23Cl2N3O2. The van der Waals surface area contributed by atoms with Gasteiger partial charge in [-0.25, -0.2) is 4.79 Å². The Hall–Kier alpha value is -1.01. The molecule has 0 atom stereocenters. The van der Waals surface area contributed by atoms with Crippen LogP contribution in [0.4, 0.5) is 4.79 Å². The van der Waals surface area contributed by atoms with E-state index < -0.39 is 0 Å². The van der Waals surface area contributed by atoms with E-state index >= 15 is 0 Å². The van der Waals surface area contributed by atoms with Gasteiger partial charge in [-0.15, -0.1) is 0 Å². The SMILES string of the molecule is O=C(NCCCCN1CCOCC1)NCc1ccc(Cl)cc1Cl. The van der Waals surface area contributed by atoms with Gasteiger partial charge in [0.2, 0.25) is 0 Å². The summed E-state index contributed by atoms with van der Waals surface area (Å²) in [7, 11) is 0. The molecule has 2 N–H and O–H groups in total. The van der Waals surface area contributed by atoms with Gasteiger partial charge in [0.25, 0.3) is 0 Å². The molecule has 128 valence electrons. The summed E-state index contributed by atoms with van der Waals surface area (Å²) in [5.74, 6) is 0. The highest BCUT2D eigenvalue weighted by molar-refractivity contribution is 6.35. The second kappa shape index (κ2) is 9.98. The van der Waals surface area contributed by atoms with Crippen LogP contribution in [-0.4, -0.2) is 50.3 Å². The number of hydrogen-bond donors (Lipinski definition) is 2. The molecule has 0 aliphatic carbocycles. The molecule has 0 bridgehead atoms. The fourth-order valence-corrected chi connectivity index (χ4v) is 2.87. The molecule has 1 saturated heterocycles. The molecule has 1 aromatic carbocycles. The van der Waals surface area contributed by atoms with Gasteiger partial charge < -0.3 is 15.4 Å². The minimum absolute atomic E-state index is 0.178. The summed E-state index contributed by atoms with van der Waals surface area (Å²) in [4.78, 5) is 14.1. The molecular weight excluding hydrogens is 337 g/mol. The lowest BCUT2D eigenvalue weighted by atomic mass is 10.2. The number of carbonyl (C=O) groups excluding carboxylic acids is 1. The predicted molar refractivity (Wildman–Crippen MR) is 93.2 cm³/mol. The molecule has 1 aromatic rings. The summed E-state index contributed by atoms with van der Waals surface area (Å²) in [5, 5.41) is 6.80. The number of unbranched alkanes of at least 4 members (excludes halogenated alkanes) is 1. The quantitative estimate of drug-likeness (QED) is 0.736. The summed E-state index contributed by atoms with van der Waals surface area (Å²) in [6.45, 7) is 5.79. The van der Waals surface area contributed by atoms with Crippen LogP contribution in [0.2, 0.25) is 10.0 Å². The minimum atomic E-state index is -0.178. The first kappa shape index (κ1) is 18.3. The summed E-state index contributed by atoms with van der Waals surface area (Å²) in [6, 6.07) is 5.06. The molecule has 0 spiro atoms. The van der Waals surface area contributed by atoms with Gasteiger partial charge in [-0.1, -0.05) is 29.3 Å². The van der Waals surface area contributed by atoms with E-state index in [4.69, 9.17) is 27.9 Å². The average Bonchev–Trinajstić information content (AvgIpc) is 2.54.